The Balaban J connectivity index is 1.50. The van der Waals surface area contributed by atoms with Crippen LogP contribution in [0.4, 0.5) is 17.1 Å². The van der Waals surface area contributed by atoms with Crippen molar-refractivity contribution < 1.29 is 24.0 Å². The summed E-state index contributed by atoms with van der Waals surface area (Å²) in [6, 6.07) is 17.4. The van der Waals surface area contributed by atoms with Crippen molar-refractivity contribution >= 4 is 58.0 Å². The number of nitrogens with one attached hydrogen (secondary N) is 1. The Morgan fingerprint density at radius 3 is 2.32 bits per heavy atom. The molecule has 0 radical (unpaired) electrons. The maximum absolute atomic E-state index is 12.8. The lowest BCUT2D eigenvalue weighted by molar-refractivity contribution is -0.385. The van der Waals surface area contributed by atoms with E-state index in [1.807, 2.05) is 0 Å². The Labute approximate surface area is 202 Å². The molecule has 1 N–H and O–H groups in total. The number of para-hydroxylation sites is 2. The van der Waals surface area contributed by atoms with E-state index in [0.29, 0.717) is 10.7 Å². The molecular formula is C23H13Cl2N3O6. The molecule has 4 rings (SSSR count). The fraction of sp³-hybridized carbons (Fsp3) is 0. The molecule has 0 fully saturated rings. The Kier molecular flexibility index (Phi) is 6.31. The van der Waals surface area contributed by atoms with Crippen molar-refractivity contribution in [3.63, 3.8) is 0 Å². The van der Waals surface area contributed by atoms with Crippen LogP contribution in [0.2, 0.25) is 5.02 Å². The summed E-state index contributed by atoms with van der Waals surface area (Å²) in [6.07, 6.45) is 0. The zero-order valence-corrected chi connectivity index (χ0v) is 18.5. The van der Waals surface area contributed by atoms with Gasteiger partial charge in [0.25, 0.3) is 11.8 Å². The maximum atomic E-state index is 12.8. The van der Waals surface area contributed by atoms with Crippen molar-refractivity contribution in [1.82, 2.24) is 0 Å². The smallest absolute Gasteiger partial charge is 0.343 e. The van der Waals surface area contributed by atoms with E-state index in [2.05, 4.69) is 5.32 Å². The third kappa shape index (κ3) is 4.47. The number of halogens is 2. The number of hydrogen-bond acceptors (Lipinski definition) is 7. The Morgan fingerprint density at radius 2 is 1.65 bits per heavy atom. The van der Waals surface area contributed by atoms with E-state index in [-0.39, 0.29) is 33.4 Å². The number of carbonyl (C=O) groups is 3. The zero-order chi connectivity index (χ0) is 24.4. The third-order valence-electron chi connectivity index (χ3n) is 4.75. The second kappa shape index (κ2) is 9.34. The third-order valence-corrected chi connectivity index (χ3v) is 5.33. The number of imide groups is 1. The molecule has 170 valence electrons. The number of ether oxygens (including phenoxy) is 1. The topological polar surface area (TPSA) is 119 Å². The van der Waals surface area contributed by atoms with E-state index < -0.39 is 22.7 Å². The van der Waals surface area contributed by atoms with Crippen molar-refractivity contribution in [2.75, 3.05) is 10.2 Å². The minimum atomic E-state index is -0.808. The second-order valence-corrected chi connectivity index (χ2v) is 7.75. The predicted octanol–water partition coefficient (Wildman–Crippen LogP) is 4.90. The van der Waals surface area contributed by atoms with E-state index in [9.17, 15) is 24.5 Å². The minimum absolute atomic E-state index is 0.109. The first-order chi connectivity index (χ1) is 16.3. The molecule has 0 aromatic heterocycles. The van der Waals surface area contributed by atoms with Gasteiger partial charge in [-0.25, -0.2) is 9.69 Å². The summed E-state index contributed by atoms with van der Waals surface area (Å²) in [5.74, 6) is -2.37. The number of amides is 2. The van der Waals surface area contributed by atoms with Crippen LogP contribution in [0, 0.1) is 10.1 Å². The summed E-state index contributed by atoms with van der Waals surface area (Å²) in [5.41, 5.74) is 0.263. The van der Waals surface area contributed by atoms with Gasteiger partial charge in [0.2, 0.25) is 5.75 Å². The quantitative estimate of drug-likeness (QED) is 0.169. The summed E-state index contributed by atoms with van der Waals surface area (Å²) in [7, 11) is 0. The van der Waals surface area contributed by atoms with Gasteiger partial charge in [0, 0.05) is 16.8 Å². The van der Waals surface area contributed by atoms with Crippen molar-refractivity contribution in [3.05, 3.63) is 104 Å². The average molecular weight is 498 g/mol. The number of hydrogen-bond donors (Lipinski definition) is 1. The van der Waals surface area contributed by atoms with Crippen LogP contribution in [0.25, 0.3) is 0 Å². The fourth-order valence-electron chi connectivity index (χ4n) is 3.15. The number of esters is 1. The number of nitro groups is 1. The van der Waals surface area contributed by atoms with E-state index in [0.717, 1.165) is 4.90 Å². The first-order valence-corrected chi connectivity index (χ1v) is 10.4. The van der Waals surface area contributed by atoms with Gasteiger partial charge in [0.1, 0.15) is 10.7 Å². The molecule has 0 aliphatic carbocycles. The van der Waals surface area contributed by atoms with Crippen LogP contribution in [-0.2, 0) is 9.59 Å². The number of nitrogens with zero attached hydrogens (tertiary/aromatic N) is 2. The number of nitro benzene ring substituents is 1. The molecule has 3 aromatic rings. The van der Waals surface area contributed by atoms with Crippen molar-refractivity contribution in [3.8, 4) is 5.75 Å². The lowest BCUT2D eigenvalue weighted by atomic mass is 10.2. The number of anilines is 2. The van der Waals surface area contributed by atoms with Crippen LogP contribution in [0.3, 0.4) is 0 Å². The lowest BCUT2D eigenvalue weighted by Gasteiger charge is -2.15. The molecule has 11 heteroatoms. The van der Waals surface area contributed by atoms with Crippen molar-refractivity contribution in [2.45, 2.75) is 0 Å². The highest BCUT2D eigenvalue weighted by Gasteiger charge is 2.39. The van der Waals surface area contributed by atoms with Crippen LogP contribution in [0.1, 0.15) is 10.4 Å². The predicted molar refractivity (Wildman–Crippen MR) is 125 cm³/mol. The Bertz CT molecular complexity index is 1370. The molecule has 0 spiro atoms. The highest BCUT2D eigenvalue weighted by atomic mass is 35.5. The molecule has 3 aromatic carbocycles. The molecule has 2 amide bonds. The summed E-state index contributed by atoms with van der Waals surface area (Å²) < 4.78 is 5.14. The monoisotopic (exact) mass is 497 g/mol. The maximum Gasteiger partial charge on any atom is 0.343 e. The minimum Gasteiger partial charge on any atom is -0.416 e. The van der Waals surface area contributed by atoms with Crippen molar-refractivity contribution in [2.24, 2.45) is 0 Å². The van der Waals surface area contributed by atoms with Gasteiger partial charge in [0.15, 0.2) is 0 Å². The average Bonchev–Trinajstić information content (AvgIpc) is 3.02. The summed E-state index contributed by atoms with van der Waals surface area (Å²) in [6.45, 7) is 0. The van der Waals surface area contributed by atoms with Gasteiger partial charge >= 0.3 is 11.7 Å². The lowest BCUT2D eigenvalue weighted by Crippen LogP contribution is -2.32. The van der Waals surface area contributed by atoms with E-state index in [4.69, 9.17) is 27.9 Å². The number of rotatable bonds is 6. The molecule has 9 nitrogen and oxygen atoms in total. The van der Waals surface area contributed by atoms with Gasteiger partial charge in [-0.3, -0.25) is 19.7 Å². The van der Waals surface area contributed by atoms with Crippen LogP contribution in [-0.4, -0.2) is 22.7 Å². The van der Waals surface area contributed by atoms with Gasteiger partial charge in [-0.05, 0) is 48.5 Å². The standard InChI is InChI=1S/C23H13Cl2N3O6/c24-14-4-3-5-16(12-14)27-21(29)19(25)20(22(27)30)26-15-10-8-13(9-11-15)23(31)34-18-7-2-1-6-17(18)28(32)33/h1-12,26H. The molecule has 0 saturated heterocycles. The molecule has 0 atom stereocenters. The highest BCUT2D eigenvalue weighted by Crippen LogP contribution is 2.31. The van der Waals surface area contributed by atoms with Crippen LogP contribution in [0.15, 0.2) is 83.5 Å². The first kappa shape index (κ1) is 23.0. The molecular weight excluding hydrogens is 485 g/mol. The molecule has 0 bridgehead atoms. The van der Waals surface area contributed by atoms with Crippen LogP contribution >= 0.6 is 23.2 Å². The molecule has 0 unspecified atom stereocenters. The first-order valence-electron chi connectivity index (χ1n) is 9.63. The van der Waals surface area contributed by atoms with Crippen LogP contribution < -0.4 is 15.0 Å². The number of carbonyl (C=O) groups excluding carboxylic acids is 3. The van der Waals surface area contributed by atoms with E-state index >= 15 is 0 Å². The summed E-state index contributed by atoms with van der Waals surface area (Å²) >= 11 is 12.1. The second-order valence-electron chi connectivity index (χ2n) is 6.93. The van der Waals surface area contributed by atoms with Gasteiger partial charge < -0.3 is 10.1 Å². The van der Waals surface area contributed by atoms with Gasteiger partial charge in [-0.2, -0.15) is 0 Å². The van der Waals surface area contributed by atoms with E-state index in [1.165, 1.54) is 54.6 Å². The van der Waals surface area contributed by atoms with Gasteiger partial charge in [-0.15, -0.1) is 0 Å². The molecule has 1 aliphatic heterocycles. The normalized spacial score (nSPS) is 13.3. The van der Waals surface area contributed by atoms with Gasteiger partial charge in [-0.1, -0.05) is 41.4 Å². The molecule has 34 heavy (non-hydrogen) atoms. The molecule has 0 saturated carbocycles. The highest BCUT2D eigenvalue weighted by molar-refractivity contribution is 6.53. The SMILES string of the molecule is O=C(Oc1ccccc1[N+](=O)[O-])c1ccc(NC2=C(Cl)C(=O)N(c3cccc(Cl)c3)C2=O)cc1. The molecule has 1 heterocycles. The van der Waals surface area contributed by atoms with Crippen LogP contribution in [0.5, 0.6) is 5.75 Å². The molecule has 1 aliphatic rings. The van der Waals surface area contributed by atoms with Gasteiger partial charge in [0.05, 0.1) is 16.2 Å². The largest absolute Gasteiger partial charge is 0.416 e. The number of benzene rings is 3. The van der Waals surface area contributed by atoms with Crippen molar-refractivity contribution in [1.29, 1.82) is 0 Å². The Morgan fingerprint density at radius 1 is 0.941 bits per heavy atom. The summed E-state index contributed by atoms with van der Waals surface area (Å²) in [4.78, 5) is 49.1. The summed E-state index contributed by atoms with van der Waals surface area (Å²) in [5, 5.41) is 13.9. The Hall–Kier alpha value is -4.21. The van der Waals surface area contributed by atoms with E-state index in [1.54, 1.807) is 18.2 Å². The zero-order valence-electron chi connectivity index (χ0n) is 17.0. The fourth-order valence-corrected chi connectivity index (χ4v) is 3.55.